The van der Waals surface area contributed by atoms with Gasteiger partial charge in [0.15, 0.2) is 0 Å². The van der Waals surface area contributed by atoms with Gasteiger partial charge in [-0.1, -0.05) is 0 Å². The summed E-state index contributed by atoms with van der Waals surface area (Å²) in [4.78, 5) is 13.7. The van der Waals surface area contributed by atoms with Crippen LogP contribution in [-0.2, 0) is 21.1 Å². The van der Waals surface area contributed by atoms with Crippen LogP contribution in [0.4, 0.5) is 4.79 Å². The number of fused-ring (bicyclic) bond motifs is 2. The quantitative estimate of drug-likeness (QED) is 0.679. The number of amides is 2. The molecule has 0 radical (unpaired) electrons. The zero-order chi connectivity index (χ0) is 17.1. The summed E-state index contributed by atoms with van der Waals surface area (Å²) in [5.74, 6) is 0.736. The summed E-state index contributed by atoms with van der Waals surface area (Å²) < 4.78 is 40.6. The van der Waals surface area contributed by atoms with Crippen LogP contribution in [0.5, 0.6) is 0 Å². The van der Waals surface area contributed by atoms with Gasteiger partial charge in [0.2, 0.25) is 11.8 Å². The summed E-state index contributed by atoms with van der Waals surface area (Å²) in [6.45, 7) is 0.261. The average Bonchev–Trinajstić information content (AvgIpc) is 2.97. The van der Waals surface area contributed by atoms with E-state index in [-0.39, 0.29) is 12.1 Å². The number of nitrogens with two attached hydrogens (primary N) is 1. The molecule has 1 aromatic rings. The van der Waals surface area contributed by atoms with Crippen LogP contribution >= 0.6 is 0 Å². The molecule has 3 fully saturated rings. The fraction of sp³-hybridized carbons (Fsp3) is 0.750. The Morgan fingerprint density at radius 2 is 2.12 bits per heavy atom. The molecule has 1 aromatic heterocycles. The second-order valence-corrected chi connectivity index (χ2v) is 7.59. The number of piperidine rings is 1. The molecule has 2 aliphatic heterocycles. The minimum atomic E-state index is -4.76. The summed E-state index contributed by atoms with van der Waals surface area (Å²) in [5.41, 5.74) is 5.77. The Hall–Kier alpha value is -1.76. The smallest absolute Gasteiger partial charge is 0.418 e. The number of urea groups is 1. The van der Waals surface area contributed by atoms with Gasteiger partial charge in [0.25, 0.3) is 0 Å². The molecule has 11 nitrogen and oxygen atoms in total. The Morgan fingerprint density at radius 1 is 1.38 bits per heavy atom. The van der Waals surface area contributed by atoms with Gasteiger partial charge in [0, 0.05) is 18.5 Å². The molecule has 0 aromatic carbocycles. The van der Waals surface area contributed by atoms with Crippen LogP contribution < -0.4 is 5.73 Å². The van der Waals surface area contributed by atoms with Crippen molar-refractivity contribution in [1.82, 2.24) is 20.2 Å². The van der Waals surface area contributed by atoms with Gasteiger partial charge in [-0.15, -0.1) is 14.5 Å². The number of nitrogens with zero attached hydrogens (tertiary/aromatic N) is 4. The van der Waals surface area contributed by atoms with E-state index in [1.807, 2.05) is 0 Å². The SMILES string of the molecule is NC1(Cc2nnc(C3CCC4CN3C(=O)N4OS(=O)(=O)O)o2)CC1. The topological polar surface area (TPSA) is 152 Å². The van der Waals surface area contributed by atoms with Crippen LogP contribution in [0, 0.1) is 0 Å². The minimum absolute atomic E-state index is 0.259. The molecule has 2 unspecified atom stereocenters. The zero-order valence-electron chi connectivity index (χ0n) is 12.7. The van der Waals surface area contributed by atoms with Crippen molar-refractivity contribution in [2.75, 3.05) is 6.54 Å². The normalized spacial score (nSPS) is 28.5. The van der Waals surface area contributed by atoms with Crippen molar-refractivity contribution in [1.29, 1.82) is 0 Å². The summed E-state index contributed by atoms with van der Waals surface area (Å²) in [6.07, 6.45) is 3.35. The molecule has 4 rings (SSSR count). The van der Waals surface area contributed by atoms with E-state index < -0.39 is 28.5 Å². The molecule has 3 N–H and O–H groups in total. The van der Waals surface area contributed by atoms with Gasteiger partial charge >= 0.3 is 16.4 Å². The summed E-state index contributed by atoms with van der Waals surface area (Å²) in [5, 5.41) is 8.68. The highest BCUT2D eigenvalue weighted by atomic mass is 32.3. The number of rotatable bonds is 5. The molecule has 3 heterocycles. The summed E-state index contributed by atoms with van der Waals surface area (Å²) >= 11 is 0. The van der Waals surface area contributed by atoms with Crippen LogP contribution in [-0.4, -0.2) is 57.3 Å². The van der Waals surface area contributed by atoms with E-state index in [0.717, 1.165) is 12.8 Å². The van der Waals surface area contributed by atoms with E-state index >= 15 is 0 Å². The zero-order valence-corrected chi connectivity index (χ0v) is 13.5. The number of hydrogen-bond donors (Lipinski definition) is 2. The van der Waals surface area contributed by atoms with Crippen molar-refractivity contribution in [2.45, 2.75) is 49.7 Å². The van der Waals surface area contributed by atoms with Gasteiger partial charge < -0.3 is 15.1 Å². The monoisotopic (exact) mass is 359 g/mol. The average molecular weight is 359 g/mol. The number of carbonyl (C=O) groups excluding carboxylic acids is 1. The molecule has 12 heteroatoms. The molecule has 2 bridgehead atoms. The first-order valence-corrected chi connectivity index (χ1v) is 8.99. The Morgan fingerprint density at radius 3 is 2.79 bits per heavy atom. The second kappa shape index (κ2) is 5.12. The van der Waals surface area contributed by atoms with Gasteiger partial charge in [-0.3, -0.25) is 4.55 Å². The van der Waals surface area contributed by atoms with E-state index in [4.69, 9.17) is 14.7 Å². The summed E-state index contributed by atoms with van der Waals surface area (Å²) in [6, 6.07) is -1.55. The van der Waals surface area contributed by atoms with Crippen LogP contribution in [0.1, 0.15) is 43.5 Å². The van der Waals surface area contributed by atoms with Crippen molar-refractivity contribution >= 4 is 16.4 Å². The molecule has 1 saturated carbocycles. The van der Waals surface area contributed by atoms with Crippen molar-refractivity contribution in [3.05, 3.63) is 11.8 Å². The molecule has 3 aliphatic rings. The van der Waals surface area contributed by atoms with Crippen molar-refractivity contribution in [2.24, 2.45) is 5.73 Å². The van der Waals surface area contributed by atoms with E-state index in [1.54, 1.807) is 0 Å². The fourth-order valence-electron chi connectivity index (χ4n) is 3.20. The third kappa shape index (κ3) is 2.85. The van der Waals surface area contributed by atoms with Crippen molar-refractivity contribution in [3.8, 4) is 0 Å². The van der Waals surface area contributed by atoms with E-state index in [0.29, 0.717) is 36.1 Å². The van der Waals surface area contributed by atoms with Crippen LogP contribution in [0.25, 0.3) is 0 Å². The number of carbonyl (C=O) groups is 1. The predicted octanol–water partition coefficient (Wildman–Crippen LogP) is -0.221. The molecule has 24 heavy (non-hydrogen) atoms. The lowest BCUT2D eigenvalue weighted by atomic mass is 10.0. The Kier molecular flexibility index (Phi) is 3.36. The van der Waals surface area contributed by atoms with Gasteiger partial charge in [-0.05, 0) is 25.7 Å². The third-order valence-corrected chi connectivity index (χ3v) is 5.01. The van der Waals surface area contributed by atoms with Crippen LogP contribution in [0.15, 0.2) is 4.42 Å². The maximum atomic E-state index is 12.3. The highest BCUT2D eigenvalue weighted by molar-refractivity contribution is 7.80. The highest BCUT2D eigenvalue weighted by Gasteiger charge is 2.49. The second-order valence-electron chi connectivity index (χ2n) is 6.58. The first-order chi connectivity index (χ1) is 11.2. The van der Waals surface area contributed by atoms with Gasteiger partial charge in [0.1, 0.15) is 6.04 Å². The number of hydrogen-bond acceptors (Lipinski definition) is 8. The lowest BCUT2D eigenvalue weighted by Gasteiger charge is -2.27. The lowest BCUT2D eigenvalue weighted by molar-refractivity contribution is -0.0317. The van der Waals surface area contributed by atoms with Gasteiger partial charge in [-0.25, -0.2) is 4.79 Å². The van der Waals surface area contributed by atoms with Crippen molar-refractivity contribution in [3.63, 3.8) is 0 Å². The molecule has 1 aliphatic carbocycles. The first-order valence-electron chi connectivity index (χ1n) is 7.62. The summed E-state index contributed by atoms with van der Waals surface area (Å²) in [7, 11) is -4.76. The molecule has 2 saturated heterocycles. The van der Waals surface area contributed by atoms with Gasteiger partial charge in [0.05, 0.1) is 6.04 Å². The molecule has 132 valence electrons. The molecular weight excluding hydrogens is 342 g/mol. The molecule has 0 spiro atoms. The first kappa shape index (κ1) is 15.7. The highest BCUT2D eigenvalue weighted by Crippen LogP contribution is 2.39. The standard InChI is InChI=1S/C12H17N5O6S/c13-12(3-4-12)5-9-14-15-10(22-9)8-2-1-7-6-16(8)11(18)17(7)23-24(19,20)21/h7-8H,1-6,13H2,(H,19,20,21). The predicted molar refractivity (Wildman–Crippen MR) is 76.5 cm³/mol. The van der Waals surface area contributed by atoms with Gasteiger partial charge in [-0.2, -0.15) is 13.5 Å². The Labute approximate surface area is 137 Å². The van der Waals surface area contributed by atoms with E-state index in [1.165, 1.54) is 4.90 Å². The Bertz CT molecular complexity index is 775. The van der Waals surface area contributed by atoms with E-state index in [9.17, 15) is 13.2 Å². The molecular formula is C12H17N5O6S. The Balaban J connectivity index is 1.51. The lowest BCUT2D eigenvalue weighted by Crippen LogP contribution is -2.35. The molecule has 2 atom stereocenters. The largest absolute Gasteiger partial charge is 0.423 e. The van der Waals surface area contributed by atoms with Crippen LogP contribution in [0.3, 0.4) is 0 Å². The fourth-order valence-corrected chi connectivity index (χ4v) is 3.59. The molecule has 2 amide bonds. The van der Waals surface area contributed by atoms with Crippen LogP contribution in [0.2, 0.25) is 0 Å². The minimum Gasteiger partial charge on any atom is -0.423 e. The van der Waals surface area contributed by atoms with E-state index in [2.05, 4.69) is 14.5 Å². The third-order valence-electron chi connectivity index (χ3n) is 4.66. The number of hydroxylamine groups is 2. The van der Waals surface area contributed by atoms with Crippen molar-refractivity contribution < 1.29 is 26.5 Å². The maximum Gasteiger partial charge on any atom is 0.418 e. The number of aromatic nitrogens is 2. The maximum absolute atomic E-state index is 12.3.